The first-order chi connectivity index (χ1) is 14.9. The molecule has 4 unspecified atom stereocenters. The largest absolute Gasteiger partial charge is 0.481 e. The zero-order chi connectivity index (χ0) is 24.8. The number of primary amides is 1. The van der Waals surface area contributed by atoms with E-state index in [1.807, 2.05) is 0 Å². The summed E-state index contributed by atoms with van der Waals surface area (Å²) in [7, 11) is 0. The lowest BCUT2D eigenvalue weighted by Crippen LogP contribution is -2.57. The van der Waals surface area contributed by atoms with Crippen LogP contribution in [0.15, 0.2) is 0 Å². The molecule has 182 valence electrons. The topological polar surface area (TPSA) is 251 Å². The van der Waals surface area contributed by atoms with E-state index in [9.17, 15) is 28.8 Å². The van der Waals surface area contributed by atoms with Crippen molar-refractivity contribution in [3.8, 4) is 0 Å². The Morgan fingerprint density at radius 3 is 1.81 bits per heavy atom. The van der Waals surface area contributed by atoms with E-state index < -0.39 is 72.8 Å². The monoisotopic (exact) mass is 479 g/mol. The molecule has 0 aromatic rings. The van der Waals surface area contributed by atoms with Crippen LogP contribution in [0.3, 0.4) is 0 Å². The van der Waals surface area contributed by atoms with Crippen LogP contribution in [0.4, 0.5) is 0 Å². The average molecular weight is 480 g/mol. The van der Waals surface area contributed by atoms with Crippen LogP contribution in [0.2, 0.25) is 0 Å². The van der Waals surface area contributed by atoms with Gasteiger partial charge in [-0.1, -0.05) is 0 Å². The zero-order valence-corrected chi connectivity index (χ0v) is 18.2. The molecule has 32 heavy (non-hydrogen) atoms. The summed E-state index contributed by atoms with van der Waals surface area (Å²) in [5, 5.41) is 33.6. The van der Waals surface area contributed by atoms with Gasteiger partial charge in [0.25, 0.3) is 0 Å². The van der Waals surface area contributed by atoms with Gasteiger partial charge in [-0.3, -0.25) is 24.0 Å². The standard InChI is InChI=1S/C17H29N5O9S/c1-32-5-4-10(16(29)22-11(17(30)31)6-13(25)26)21-15(28)9(2-3-12(19)24)20-14(27)8(18)7-23/h8-11,23H,2-7,18H2,1H3,(H2,19,24)(H,20,27)(H,21,28)(H,22,29)(H,25,26)(H,30,31). The van der Waals surface area contributed by atoms with Crippen LogP contribution >= 0.6 is 11.8 Å². The van der Waals surface area contributed by atoms with E-state index in [4.69, 9.17) is 26.8 Å². The van der Waals surface area contributed by atoms with Gasteiger partial charge in [-0.25, -0.2) is 4.79 Å². The van der Waals surface area contributed by atoms with Crippen molar-refractivity contribution >= 4 is 47.3 Å². The molecule has 0 bridgehead atoms. The molecule has 10 N–H and O–H groups in total. The van der Waals surface area contributed by atoms with Gasteiger partial charge in [0.1, 0.15) is 24.2 Å². The Morgan fingerprint density at radius 2 is 1.38 bits per heavy atom. The van der Waals surface area contributed by atoms with Gasteiger partial charge in [-0.15, -0.1) is 0 Å². The zero-order valence-electron chi connectivity index (χ0n) is 17.4. The van der Waals surface area contributed by atoms with E-state index in [2.05, 4.69) is 16.0 Å². The highest BCUT2D eigenvalue weighted by atomic mass is 32.2. The van der Waals surface area contributed by atoms with Gasteiger partial charge in [0, 0.05) is 6.42 Å². The summed E-state index contributed by atoms with van der Waals surface area (Å²) in [5.74, 6) is -6.09. The van der Waals surface area contributed by atoms with E-state index in [1.165, 1.54) is 11.8 Å². The third-order valence-corrected chi connectivity index (χ3v) is 4.73. The number of aliphatic hydroxyl groups is 1. The summed E-state index contributed by atoms with van der Waals surface area (Å²) in [6, 6.07) is -5.64. The van der Waals surface area contributed by atoms with Crippen LogP contribution in [-0.4, -0.2) is 93.7 Å². The highest BCUT2D eigenvalue weighted by Gasteiger charge is 2.31. The Hall–Kier alpha value is -2.91. The van der Waals surface area contributed by atoms with Crippen molar-refractivity contribution in [3.63, 3.8) is 0 Å². The lowest BCUT2D eigenvalue weighted by atomic mass is 10.1. The summed E-state index contributed by atoms with van der Waals surface area (Å²) >= 11 is 1.33. The minimum absolute atomic E-state index is 0.0603. The van der Waals surface area contributed by atoms with E-state index in [0.29, 0.717) is 5.75 Å². The quantitative estimate of drug-likeness (QED) is 0.107. The molecule has 0 aliphatic heterocycles. The van der Waals surface area contributed by atoms with Crippen molar-refractivity contribution in [3.05, 3.63) is 0 Å². The number of hydrogen-bond donors (Lipinski definition) is 8. The fraction of sp³-hybridized carbons (Fsp3) is 0.647. The number of carboxylic acids is 2. The summed E-state index contributed by atoms with van der Waals surface area (Å²) in [4.78, 5) is 70.3. The van der Waals surface area contributed by atoms with Gasteiger partial charge in [-0.05, 0) is 24.9 Å². The molecule has 0 fully saturated rings. The second kappa shape index (κ2) is 15.0. The van der Waals surface area contributed by atoms with Gasteiger partial charge in [0.15, 0.2) is 0 Å². The first-order valence-electron chi connectivity index (χ1n) is 9.42. The normalized spacial score (nSPS) is 14.3. The Labute approximate surface area is 187 Å². The maximum Gasteiger partial charge on any atom is 0.326 e. The number of carbonyl (C=O) groups is 6. The first kappa shape index (κ1) is 29.1. The lowest BCUT2D eigenvalue weighted by Gasteiger charge is -2.24. The molecule has 0 spiro atoms. The van der Waals surface area contributed by atoms with Crippen molar-refractivity contribution in [1.29, 1.82) is 0 Å². The van der Waals surface area contributed by atoms with E-state index in [-0.39, 0.29) is 19.3 Å². The van der Waals surface area contributed by atoms with Crippen molar-refractivity contribution in [1.82, 2.24) is 16.0 Å². The van der Waals surface area contributed by atoms with Gasteiger partial charge in [0.2, 0.25) is 23.6 Å². The Bertz CT molecular complexity index is 706. The summed E-state index contributed by atoms with van der Waals surface area (Å²) < 4.78 is 0. The molecule has 4 amide bonds. The maximum atomic E-state index is 12.7. The van der Waals surface area contributed by atoms with Crippen molar-refractivity contribution in [2.24, 2.45) is 11.5 Å². The molecule has 0 aliphatic rings. The Kier molecular flexibility index (Phi) is 13.6. The van der Waals surface area contributed by atoms with E-state index in [1.54, 1.807) is 6.26 Å². The molecule has 0 saturated heterocycles. The fourth-order valence-electron chi connectivity index (χ4n) is 2.34. The molecule has 0 radical (unpaired) electrons. The third-order valence-electron chi connectivity index (χ3n) is 4.08. The van der Waals surface area contributed by atoms with Crippen LogP contribution in [0.25, 0.3) is 0 Å². The predicted octanol–water partition coefficient (Wildman–Crippen LogP) is -3.66. The molecule has 0 aromatic carbocycles. The molecule has 0 heterocycles. The summed E-state index contributed by atoms with van der Waals surface area (Å²) in [5.41, 5.74) is 10.5. The van der Waals surface area contributed by atoms with Gasteiger partial charge in [-0.2, -0.15) is 11.8 Å². The molecule has 0 rings (SSSR count). The van der Waals surface area contributed by atoms with Crippen LogP contribution in [0.5, 0.6) is 0 Å². The van der Waals surface area contributed by atoms with Crippen LogP contribution in [0, 0.1) is 0 Å². The molecule has 0 aliphatic carbocycles. The lowest BCUT2D eigenvalue weighted by molar-refractivity contribution is -0.147. The van der Waals surface area contributed by atoms with Crippen LogP contribution in [0.1, 0.15) is 25.7 Å². The molecule has 0 saturated carbocycles. The minimum atomic E-state index is -1.72. The SMILES string of the molecule is CSCCC(NC(=O)C(CCC(N)=O)NC(=O)C(N)CO)C(=O)NC(CC(=O)O)C(=O)O. The number of thioether (sulfide) groups is 1. The van der Waals surface area contributed by atoms with Crippen molar-refractivity contribution in [2.45, 2.75) is 49.9 Å². The van der Waals surface area contributed by atoms with Crippen LogP contribution < -0.4 is 27.4 Å². The van der Waals surface area contributed by atoms with Crippen molar-refractivity contribution in [2.75, 3.05) is 18.6 Å². The fourth-order valence-corrected chi connectivity index (χ4v) is 2.81. The maximum absolute atomic E-state index is 12.7. The van der Waals surface area contributed by atoms with Crippen LogP contribution in [-0.2, 0) is 28.8 Å². The van der Waals surface area contributed by atoms with Gasteiger partial charge in [0.05, 0.1) is 13.0 Å². The van der Waals surface area contributed by atoms with Gasteiger partial charge < -0.3 is 42.7 Å². The first-order valence-corrected chi connectivity index (χ1v) is 10.8. The average Bonchev–Trinajstić information content (AvgIpc) is 2.71. The smallest absolute Gasteiger partial charge is 0.326 e. The second-order valence-electron chi connectivity index (χ2n) is 6.70. The summed E-state index contributed by atoms with van der Waals surface area (Å²) in [6.45, 7) is -0.700. The number of hydrogen-bond acceptors (Lipinski definition) is 9. The Morgan fingerprint density at radius 1 is 0.875 bits per heavy atom. The highest BCUT2D eigenvalue weighted by molar-refractivity contribution is 7.98. The number of nitrogens with two attached hydrogens (primary N) is 2. The third kappa shape index (κ3) is 11.5. The van der Waals surface area contributed by atoms with Crippen molar-refractivity contribution < 1.29 is 44.1 Å². The molecular formula is C17H29N5O9S. The minimum Gasteiger partial charge on any atom is -0.481 e. The number of carboxylic acid groups (broad SMARTS) is 2. The molecule has 14 nitrogen and oxygen atoms in total. The Balaban J connectivity index is 5.48. The number of aliphatic hydroxyl groups excluding tert-OH is 1. The number of carbonyl (C=O) groups excluding carboxylic acids is 4. The number of nitrogens with one attached hydrogen (secondary N) is 3. The highest BCUT2D eigenvalue weighted by Crippen LogP contribution is 2.05. The second-order valence-corrected chi connectivity index (χ2v) is 7.68. The number of aliphatic carboxylic acids is 2. The molecular weight excluding hydrogens is 450 g/mol. The van der Waals surface area contributed by atoms with Gasteiger partial charge >= 0.3 is 11.9 Å². The molecule has 15 heteroatoms. The van der Waals surface area contributed by atoms with E-state index >= 15 is 0 Å². The predicted molar refractivity (Wildman–Crippen MR) is 112 cm³/mol. The molecule has 4 atom stereocenters. The molecule has 0 aromatic heterocycles. The summed E-state index contributed by atoms with van der Waals surface area (Å²) in [6.07, 6.45) is 0.408. The van der Waals surface area contributed by atoms with E-state index in [0.717, 1.165) is 0 Å². The number of amides is 4. The number of rotatable bonds is 16.